The third-order valence-corrected chi connectivity index (χ3v) is 2.53. The fourth-order valence-corrected chi connectivity index (χ4v) is 1.88. The summed E-state index contributed by atoms with van der Waals surface area (Å²) in [7, 11) is 1.85. The number of rotatable bonds is 4. The highest BCUT2D eigenvalue weighted by molar-refractivity contribution is 6.34. The summed E-state index contributed by atoms with van der Waals surface area (Å²) in [6.45, 7) is 0.663. The zero-order valence-electron chi connectivity index (χ0n) is 9.65. The molecule has 0 amide bonds. The van der Waals surface area contributed by atoms with Gasteiger partial charge in [-0.2, -0.15) is 0 Å². The third-order valence-electron chi connectivity index (χ3n) is 2.10. The topological polar surface area (TPSA) is 47.0 Å². The highest BCUT2D eigenvalue weighted by atomic mass is 35.5. The summed E-state index contributed by atoms with van der Waals surface area (Å²) in [5.41, 5.74) is 0.842. The molecule has 2 aromatic rings. The molecular weight excluding hydrogens is 273 g/mol. The fourth-order valence-electron chi connectivity index (χ4n) is 1.38. The largest absolute Gasteiger partial charge is 0.437 e. The van der Waals surface area contributed by atoms with E-state index in [2.05, 4.69) is 15.3 Å². The minimum atomic E-state index is 0.396. The van der Waals surface area contributed by atoms with Gasteiger partial charge in [-0.3, -0.25) is 4.98 Å². The molecule has 94 valence electrons. The Balaban J connectivity index is 2.13. The highest BCUT2D eigenvalue weighted by Gasteiger charge is 2.03. The molecule has 1 aromatic heterocycles. The van der Waals surface area contributed by atoms with Gasteiger partial charge in [-0.15, -0.1) is 0 Å². The van der Waals surface area contributed by atoms with E-state index in [1.165, 1.54) is 0 Å². The van der Waals surface area contributed by atoms with Gasteiger partial charge in [0.05, 0.1) is 18.1 Å². The van der Waals surface area contributed by atoms with Crippen LogP contribution in [0.1, 0.15) is 5.69 Å². The number of nitrogens with one attached hydrogen (secondary N) is 1. The van der Waals surface area contributed by atoms with E-state index in [9.17, 15) is 0 Å². The van der Waals surface area contributed by atoms with E-state index >= 15 is 0 Å². The zero-order valence-corrected chi connectivity index (χ0v) is 11.2. The number of nitrogens with zero attached hydrogens (tertiary/aromatic N) is 2. The predicted octanol–water partition coefficient (Wildman–Crippen LogP) is 3.30. The Kier molecular flexibility index (Phi) is 4.36. The van der Waals surface area contributed by atoms with Crippen molar-refractivity contribution in [2.24, 2.45) is 0 Å². The van der Waals surface area contributed by atoms with Crippen molar-refractivity contribution in [3.05, 3.63) is 46.3 Å². The summed E-state index contributed by atoms with van der Waals surface area (Å²) in [6.07, 6.45) is 3.21. The molecule has 0 fully saturated rings. The molecule has 0 radical (unpaired) electrons. The predicted molar refractivity (Wildman–Crippen MR) is 71.3 cm³/mol. The van der Waals surface area contributed by atoms with Crippen molar-refractivity contribution in [1.82, 2.24) is 15.3 Å². The van der Waals surface area contributed by atoms with Crippen LogP contribution in [-0.4, -0.2) is 17.0 Å². The van der Waals surface area contributed by atoms with Crippen LogP contribution in [0.2, 0.25) is 10.0 Å². The Morgan fingerprint density at radius 1 is 1.11 bits per heavy atom. The van der Waals surface area contributed by atoms with E-state index in [0.717, 1.165) is 5.69 Å². The van der Waals surface area contributed by atoms with Crippen LogP contribution < -0.4 is 10.1 Å². The molecule has 0 aliphatic rings. The molecule has 0 aliphatic carbocycles. The van der Waals surface area contributed by atoms with Crippen LogP contribution in [0.3, 0.4) is 0 Å². The van der Waals surface area contributed by atoms with Crippen molar-refractivity contribution < 1.29 is 4.74 Å². The Bertz CT molecular complexity index is 511. The van der Waals surface area contributed by atoms with E-state index in [1.807, 2.05) is 7.05 Å². The standard InChI is InChI=1S/C12H11Cl2N3O/c1-15-5-10-6-17-12(7-16-10)18-11-3-8(13)2-9(14)4-11/h2-4,6-7,15H,5H2,1H3. The second kappa shape index (κ2) is 6.00. The summed E-state index contributed by atoms with van der Waals surface area (Å²) in [5, 5.41) is 4.01. The lowest BCUT2D eigenvalue weighted by atomic mass is 10.3. The monoisotopic (exact) mass is 283 g/mol. The average molecular weight is 284 g/mol. The molecule has 6 heteroatoms. The molecule has 0 saturated carbocycles. The lowest BCUT2D eigenvalue weighted by molar-refractivity contribution is 0.459. The molecule has 0 saturated heterocycles. The number of ether oxygens (including phenoxy) is 1. The van der Waals surface area contributed by atoms with Crippen molar-refractivity contribution in [3.63, 3.8) is 0 Å². The fraction of sp³-hybridized carbons (Fsp3) is 0.167. The molecule has 0 spiro atoms. The minimum Gasteiger partial charge on any atom is -0.437 e. The first-order chi connectivity index (χ1) is 8.67. The summed E-state index contributed by atoms with van der Waals surface area (Å²) < 4.78 is 5.51. The van der Waals surface area contributed by atoms with Crippen LogP contribution in [-0.2, 0) is 6.54 Å². The number of halogens is 2. The number of hydrogen-bond donors (Lipinski definition) is 1. The first-order valence-electron chi connectivity index (χ1n) is 5.27. The quantitative estimate of drug-likeness (QED) is 0.935. The molecule has 4 nitrogen and oxygen atoms in total. The van der Waals surface area contributed by atoms with Crippen molar-refractivity contribution >= 4 is 23.2 Å². The molecule has 18 heavy (non-hydrogen) atoms. The van der Waals surface area contributed by atoms with Crippen LogP contribution in [0.15, 0.2) is 30.6 Å². The molecule has 0 unspecified atom stereocenters. The molecule has 1 N–H and O–H groups in total. The van der Waals surface area contributed by atoms with E-state index in [0.29, 0.717) is 28.2 Å². The summed E-state index contributed by atoms with van der Waals surface area (Å²) >= 11 is 11.7. The first kappa shape index (κ1) is 13.1. The maximum absolute atomic E-state index is 5.87. The van der Waals surface area contributed by atoms with Crippen LogP contribution in [0.4, 0.5) is 0 Å². The average Bonchev–Trinajstić information content (AvgIpc) is 2.31. The van der Waals surface area contributed by atoms with Gasteiger partial charge in [0.15, 0.2) is 0 Å². The van der Waals surface area contributed by atoms with Gasteiger partial charge in [-0.1, -0.05) is 23.2 Å². The van der Waals surface area contributed by atoms with Crippen molar-refractivity contribution in [3.8, 4) is 11.6 Å². The number of aromatic nitrogens is 2. The summed E-state index contributed by atoms with van der Waals surface area (Å²) in [4.78, 5) is 8.33. The number of hydrogen-bond acceptors (Lipinski definition) is 4. The maximum Gasteiger partial charge on any atom is 0.237 e. The van der Waals surface area contributed by atoms with E-state index in [4.69, 9.17) is 27.9 Å². The van der Waals surface area contributed by atoms with Crippen molar-refractivity contribution in [2.75, 3.05) is 7.05 Å². The molecule has 1 heterocycles. The molecular formula is C12H11Cl2N3O. The highest BCUT2D eigenvalue weighted by Crippen LogP contribution is 2.27. The van der Waals surface area contributed by atoms with Crippen LogP contribution in [0, 0.1) is 0 Å². The lowest BCUT2D eigenvalue weighted by Gasteiger charge is -2.06. The minimum absolute atomic E-state index is 0.396. The second-order valence-corrected chi connectivity index (χ2v) is 4.46. The number of benzene rings is 1. The van der Waals surface area contributed by atoms with E-state index in [1.54, 1.807) is 30.6 Å². The summed E-state index contributed by atoms with van der Waals surface area (Å²) in [5.74, 6) is 0.927. The van der Waals surface area contributed by atoms with Crippen LogP contribution in [0.25, 0.3) is 0 Å². The molecule has 0 aliphatic heterocycles. The van der Waals surface area contributed by atoms with Gasteiger partial charge >= 0.3 is 0 Å². The Labute approximate surface area is 115 Å². The molecule has 2 rings (SSSR count). The van der Waals surface area contributed by atoms with Gasteiger partial charge < -0.3 is 10.1 Å². The van der Waals surface area contributed by atoms with Gasteiger partial charge in [0, 0.05) is 16.6 Å². The van der Waals surface area contributed by atoms with E-state index in [-0.39, 0.29) is 0 Å². The van der Waals surface area contributed by atoms with Gasteiger partial charge in [0.2, 0.25) is 5.88 Å². The smallest absolute Gasteiger partial charge is 0.237 e. The lowest BCUT2D eigenvalue weighted by Crippen LogP contribution is -2.07. The van der Waals surface area contributed by atoms with Gasteiger partial charge in [0.25, 0.3) is 0 Å². The van der Waals surface area contributed by atoms with E-state index < -0.39 is 0 Å². The second-order valence-electron chi connectivity index (χ2n) is 3.58. The Morgan fingerprint density at radius 2 is 1.83 bits per heavy atom. The Morgan fingerprint density at radius 3 is 2.39 bits per heavy atom. The first-order valence-corrected chi connectivity index (χ1v) is 6.02. The summed E-state index contributed by atoms with van der Waals surface area (Å²) in [6, 6.07) is 4.96. The third kappa shape index (κ3) is 3.57. The maximum atomic E-state index is 5.87. The zero-order chi connectivity index (χ0) is 13.0. The molecule has 0 atom stereocenters. The SMILES string of the molecule is CNCc1cnc(Oc2cc(Cl)cc(Cl)c2)cn1. The molecule has 1 aromatic carbocycles. The van der Waals surface area contributed by atoms with Gasteiger partial charge in [-0.25, -0.2) is 4.98 Å². The van der Waals surface area contributed by atoms with Crippen molar-refractivity contribution in [2.45, 2.75) is 6.54 Å². The normalized spacial score (nSPS) is 10.4. The van der Waals surface area contributed by atoms with Gasteiger partial charge in [0.1, 0.15) is 5.75 Å². The molecule has 0 bridgehead atoms. The van der Waals surface area contributed by atoms with Crippen LogP contribution >= 0.6 is 23.2 Å². The van der Waals surface area contributed by atoms with Gasteiger partial charge in [-0.05, 0) is 25.2 Å². The van der Waals surface area contributed by atoms with Crippen molar-refractivity contribution in [1.29, 1.82) is 0 Å². The van der Waals surface area contributed by atoms with Crippen LogP contribution in [0.5, 0.6) is 11.6 Å². The Hall–Kier alpha value is -1.36.